The van der Waals surface area contributed by atoms with E-state index in [-0.39, 0.29) is 6.42 Å². The number of H-pyrrole nitrogens is 1. The predicted octanol–water partition coefficient (Wildman–Crippen LogP) is -0.666. The molecule has 1 heterocycles. The fourth-order valence-corrected chi connectivity index (χ4v) is 1.05. The molecule has 15 heavy (non-hydrogen) atoms. The van der Waals surface area contributed by atoms with Gasteiger partial charge in [-0.05, 0) is 0 Å². The summed E-state index contributed by atoms with van der Waals surface area (Å²) in [4.78, 5) is 28.3. The summed E-state index contributed by atoms with van der Waals surface area (Å²) in [7, 11) is 1.42. The highest BCUT2D eigenvalue weighted by molar-refractivity contribution is 5.82. The number of nitrogens with zero attached hydrogens (tertiary/aromatic N) is 1. The zero-order chi connectivity index (χ0) is 11.3. The minimum atomic E-state index is -1.09. The highest BCUT2D eigenvalue weighted by Crippen LogP contribution is 1.98. The van der Waals surface area contributed by atoms with E-state index in [4.69, 9.17) is 5.11 Å². The number of hydrogen-bond acceptors (Lipinski definition) is 3. The number of carbonyl (C=O) groups excluding carboxylic acids is 1. The molecule has 4 N–H and O–H groups in total. The van der Waals surface area contributed by atoms with Crippen LogP contribution in [-0.2, 0) is 11.2 Å². The fraction of sp³-hybridized carbons (Fsp3) is 0.375. The van der Waals surface area contributed by atoms with E-state index in [1.54, 1.807) is 0 Å². The summed E-state index contributed by atoms with van der Waals surface area (Å²) in [6.07, 6.45) is 3.14. The average molecular weight is 212 g/mol. The number of amides is 2. The van der Waals surface area contributed by atoms with Crippen molar-refractivity contribution in [2.45, 2.75) is 12.5 Å². The maximum absolute atomic E-state index is 10.9. The summed E-state index contributed by atoms with van der Waals surface area (Å²) >= 11 is 0. The molecule has 0 saturated heterocycles. The number of aromatic nitrogens is 2. The Labute approximate surface area is 85.9 Å². The molecule has 7 heteroatoms. The Morgan fingerprint density at radius 1 is 1.67 bits per heavy atom. The number of rotatable bonds is 4. The third-order valence-corrected chi connectivity index (χ3v) is 1.81. The first kappa shape index (κ1) is 11.0. The highest BCUT2D eigenvalue weighted by Gasteiger charge is 2.20. The molecule has 82 valence electrons. The molecule has 7 nitrogen and oxygen atoms in total. The molecule has 0 aliphatic heterocycles. The fourth-order valence-electron chi connectivity index (χ4n) is 1.05. The largest absolute Gasteiger partial charge is 0.480 e. The van der Waals surface area contributed by atoms with Crippen LogP contribution in [0.15, 0.2) is 12.5 Å². The number of imidazole rings is 1. The summed E-state index contributed by atoms with van der Waals surface area (Å²) in [5.41, 5.74) is 0.652. The van der Waals surface area contributed by atoms with Gasteiger partial charge in [0.25, 0.3) is 0 Å². The Bertz CT molecular complexity index is 336. The van der Waals surface area contributed by atoms with E-state index < -0.39 is 18.0 Å². The van der Waals surface area contributed by atoms with Gasteiger partial charge in [0.2, 0.25) is 0 Å². The van der Waals surface area contributed by atoms with Crippen LogP contribution in [0.4, 0.5) is 4.79 Å². The second-order valence-corrected chi connectivity index (χ2v) is 2.90. The van der Waals surface area contributed by atoms with E-state index in [0.717, 1.165) is 0 Å². The molecule has 0 fully saturated rings. The molecular weight excluding hydrogens is 200 g/mol. The average Bonchev–Trinajstić information content (AvgIpc) is 2.69. The molecule has 0 aliphatic carbocycles. The number of hydrogen-bond donors (Lipinski definition) is 4. The van der Waals surface area contributed by atoms with Gasteiger partial charge in [0, 0.05) is 25.4 Å². The lowest BCUT2D eigenvalue weighted by atomic mass is 10.2. The van der Waals surface area contributed by atoms with Crippen LogP contribution in [0.5, 0.6) is 0 Å². The van der Waals surface area contributed by atoms with Crippen LogP contribution in [0.2, 0.25) is 0 Å². The van der Waals surface area contributed by atoms with Crippen molar-refractivity contribution in [2.24, 2.45) is 0 Å². The quantitative estimate of drug-likeness (QED) is 0.531. The number of carbonyl (C=O) groups is 2. The Morgan fingerprint density at radius 2 is 2.40 bits per heavy atom. The van der Waals surface area contributed by atoms with E-state index in [0.29, 0.717) is 5.69 Å². The van der Waals surface area contributed by atoms with Gasteiger partial charge in [-0.15, -0.1) is 0 Å². The van der Waals surface area contributed by atoms with Crippen LogP contribution in [0.3, 0.4) is 0 Å². The second kappa shape index (κ2) is 4.99. The number of aliphatic carboxylic acids is 1. The molecule has 2 amide bonds. The summed E-state index contributed by atoms with van der Waals surface area (Å²) in [5, 5.41) is 13.4. The Morgan fingerprint density at radius 3 is 2.87 bits per heavy atom. The van der Waals surface area contributed by atoms with Gasteiger partial charge in [0.15, 0.2) is 0 Å². The maximum Gasteiger partial charge on any atom is 0.326 e. The molecule has 0 spiro atoms. The molecule has 0 bridgehead atoms. The van der Waals surface area contributed by atoms with Gasteiger partial charge in [-0.1, -0.05) is 0 Å². The second-order valence-electron chi connectivity index (χ2n) is 2.90. The third-order valence-electron chi connectivity index (χ3n) is 1.81. The molecular formula is C8H12N4O3. The zero-order valence-corrected chi connectivity index (χ0v) is 8.15. The number of carboxylic acids is 1. The van der Waals surface area contributed by atoms with Crippen molar-refractivity contribution in [2.75, 3.05) is 7.05 Å². The van der Waals surface area contributed by atoms with Crippen LogP contribution in [0, 0.1) is 0 Å². The first-order valence-corrected chi connectivity index (χ1v) is 4.31. The monoisotopic (exact) mass is 212 g/mol. The Kier molecular flexibility index (Phi) is 3.67. The number of urea groups is 1. The maximum atomic E-state index is 10.9. The minimum absolute atomic E-state index is 0.169. The van der Waals surface area contributed by atoms with Gasteiger partial charge in [0.1, 0.15) is 6.04 Å². The van der Waals surface area contributed by atoms with Crippen molar-refractivity contribution in [1.29, 1.82) is 0 Å². The van der Waals surface area contributed by atoms with E-state index in [1.807, 2.05) is 0 Å². The lowest BCUT2D eigenvalue weighted by Gasteiger charge is -2.12. The third kappa shape index (κ3) is 3.29. The normalized spacial score (nSPS) is 11.8. The highest BCUT2D eigenvalue weighted by atomic mass is 16.4. The Balaban J connectivity index is 2.59. The molecule has 1 aromatic heterocycles. The molecule has 1 unspecified atom stereocenters. The molecule has 1 rings (SSSR count). The molecule has 1 atom stereocenters. The van der Waals surface area contributed by atoms with Crippen LogP contribution >= 0.6 is 0 Å². The zero-order valence-electron chi connectivity index (χ0n) is 8.15. The number of carboxylic acid groups (broad SMARTS) is 1. The van der Waals surface area contributed by atoms with Crippen molar-refractivity contribution >= 4 is 12.0 Å². The molecule has 1 aromatic rings. The van der Waals surface area contributed by atoms with Crippen LogP contribution in [-0.4, -0.2) is 40.2 Å². The number of aromatic amines is 1. The Hall–Kier alpha value is -2.05. The van der Waals surface area contributed by atoms with Gasteiger partial charge >= 0.3 is 12.0 Å². The van der Waals surface area contributed by atoms with E-state index >= 15 is 0 Å². The molecule has 0 radical (unpaired) electrons. The van der Waals surface area contributed by atoms with E-state index in [2.05, 4.69) is 20.6 Å². The predicted molar refractivity (Wildman–Crippen MR) is 51.3 cm³/mol. The van der Waals surface area contributed by atoms with Gasteiger partial charge < -0.3 is 20.7 Å². The first-order valence-electron chi connectivity index (χ1n) is 4.31. The van der Waals surface area contributed by atoms with E-state index in [1.165, 1.54) is 19.6 Å². The molecule has 0 saturated carbocycles. The van der Waals surface area contributed by atoms with Gasteiger partial charge in [-0.25, -0.2) is 14.6 Å². The SMILES string of the molecule is CNC(=O)NC(Cc1cnc[nH]1)C(=O)O. The first-order chi connectivity index (χ1) is 7.13. The van der Waals surface area contributed by atoms with Gasteiger partial charge in [-0.2, -0.15) is 0 Å². The summed E-state index contributed by atoms with van der Waals surface area (Å²) in [5.74, 6) is -1.09. The summed E-state index contributed by atoms with van der Waals surface area (Å²) in [6, 6.07) is -1.49. The van der Waals surface area contributed by atoms with Crippen LogP contribution in [0.1, 0.15) is 5.69 Å². The van der Waals surface area contributed by atoms with Crippen molar-refractivity contribution < 1.29 is 14.7 Å². The lowest BCUT2D eigenvalue weighted by molar-refractivity contribution is -0.139. The van der Waals surface area contributed by atoms with Crippen molar-refractivity contribution in [3.63, 3.8) is 0 Å². The smallest absolute Gasteiger partial charge is 0.326 e. The van der Waals surface area contributed by atoms with Crippen molar-refractivity contribution in [3.05, 3.63) is 18.2 Å². The van der Waals surface area contributed by atoms with Crippen LogP contribution < -0.4 is 10.6 Å². The minimum Gasteiger partial charge on any atom is -0.480 e. The topological polar surface area (TPSA) is 107 Å². The lowest BCUT2D eigenvalue weighted by Crippen LogP contribution is -2.46. The summed E-state index contributed by atoms with van der Waals surface area (Å²) in [6.45, 7) is 0. The van der Waals surface area contributed by atoms with E-state index in [9.17, 15) is 9.59 Å². The summed E-state index contributed by atoms with van der Waals surface area (Å²) < 4.78 is 0. The standard InChI is InChI=1S/C8H12N4O3/c1-9-8(15)12-6(7(13)14)2-5-3-10-4-11-5/h3-4,6H,2H2,1H3,(H,10,11)(H,13,14)(H2,9,12,15). The van der Waals surface area contributed by atoms with Gasteiger partial charge in [0.05, 0.1) is 6.33 Å². The van der Waals surface area contributed by atoms with Crippen LogP contribution in [0.25, 0.3) is 0 Å². The van der Waals surface area contributed by atoms with Crippen molar-refractivity contribution in [3.8, 4) is 0 Å². The molecule has 0 aromatic carbocycles. The number of nitrogens with one attached hydrogen (secondary N) is 3. The van der Waals surface area contributed by atoms with Crippen molar-refractivity contribution in [1.82, 2.24) is 20.6 Å². The molecule has 0 aliphatic rings. The van der Waals surface area contributed by atoms with Gasteiger partial charge in [-0.3, -0.25) is 0 Å².